The van der Waals surface area contributed by atoms with E-state index in [-0.39, 0.29) is 11.6 Å². The van der Waals surface area contributed by atoms with E-state index in [0.29, 0.717) is 22.6 Å². The molecule has 2 N–H and O–H groups in total. The first kappa shape index (κ1) is 20.5. The monoisotopic (exact) mass is 417 g/mol. The summed E-state index contributed by atoms with van der Waals surface area (Å²) in [5, 5.41) is 12.8. The van der Waals surface area contributed by atoms with Crippen LogP contribution in [0.4, 0.5) is 20.2 Å². The normalized spacial score (nSPS) is 11.7. The minimum atomic E-state index is -0.853. The maximum absolute atomic E-state index is 13.7. The van der Waals surface area contributed by atoms with Gasteiger partial charge in [0.2, 0.25) is 11.8 Å². The van der Waals surface area contributed by atoms with Crippen molar-refractivity contribution in [1.82, 2.24) is 14.8 Å². The molecule has 3 aromatic rings. The molecule has 150 valence electrons. The van der Waals surface area contributed by atoms with E-state index in [1.165, 1.54) is 13.3 Å². The first-order valence-electron chi connectivity index (χ1n) is 8.54. The third-order valence-electron chi connectivity index (χ3n) is 3.80. The van der Waals surface area contributed by atoms with Crippen LogP contribution in [0.3, 0.4) is 0 Å². The number of anilines is 2. The Balaban J connectivity index is 1.74. The van der Waals surface area contributed by atoms with Crippen LogP contribution in [0.1, 0.15) is 13.8 Å². The molecular formula is C19H17F2N5O2S. The summed E-state index contributed by atoms with van der Waals surface area (Å²) >= 11 is 1.12. The Morgan fingerprint density at radius 3 is 2.66 bits per heavy atom. The smallest absolute Gasteiger partial charge is 0.237 e. The molecule has 2 aromatic carbocycles. The van der Waals surface area contributed by atoms with Crippen molar-refractivity contribution in [2.45, 2.75) is 24.3 Å². The number of carbonyl (C=O) groups excluding carboxylic acids is 2. The van der Waals surface area contributed by atoms with E-state index in [2.05, 4.69) is 20.8 Å². The molecule has 1 aromatic heterocycles. The summed E-state index contributed by atoms with van der Waals surface area (Å²) in [6, 6.07) is 9.99. The lowest BCUT2D eigenvalue weighted by molar-refractivity contribution is -0.115. The number of rotatable bonds is 6. The summed E-state index contributed by atoms with van der Waals surface area (Å²) in [5.74, 6) is -2.24. The van der Waals surface area contributed by atoms with Crippen molar-refractivity contribution in [2.75, 3.05) is 10.6 Å². The van der Waals surface area contributed by atoms with Crippen LogP contribution < -0.4 is 10.6 Å². The Kier molecular flexibility index (Phi) is 6.23. The van der Waals surface area contributed by atoms with Gasteiger partial charge in [-0.2, -0.15) is 0 Å². The van der Waals surface area contributed by atoms with Crippen molar-refractivity contribution in [2.24, 2.45) is 0 Å². The van der Waals surface area contributed by atoms with Crippen LogP contribution in [0.25, 0.3) is 5.69 Å². The third-order valence-corrected chi connectivity index (χ3v) is 4.86. The Labute approximate surface area is 169 Å². The number of nitrogens with one attached hydrogen (secondary N) is 2. The first-order chi connectivity index (χ1) is 13.8. The largest absolute Gasteiger partial charge is 0.326 e. The quantitative estimate of drug-likeness (QED) is 0.598. The molecule has 10 heteroatoms. The molecule has 0 saturated heterocycles. The van der Waals surface area contributed by atoms with Crippen LogP contribution in [0.2, 0.25) is 0 Å². The van der Waals surface area contributed by atoms with Crippen LogP contribution in [-0.4, -0.2) is 31.8 Å². The van der Waals surface area contributed by atoms with Gasteiger partial charge < -0.3 is 10.6 Å². The van der Waals surface area contributed by atoms with E-state index in [0.717, 1.165) is 23.9 Å². The number of hydrogen-bond acceptors (Lipinski definition) is 5. The lowest BCUT2D eigenvalue weighted by atomic mass is 10.2. The zero-order valence-electron chi connectivity index (χ0n) is 15.5. The van der Waals surface area contributed by atoms with E-state index in [9.17, 15) is 18.4 Å². The average Bonchev–Trinajstić information content (AvgIpc) is 3.11. The van der Waals surface area contributed by atoms with Crippen molar-refractivity contribution < 1.29 is 18.4 Å². The van der Waals surface area contributed by atoms with E-state index in [1.807, 2.05) is 0 Å². The maximum atomic E-state index is 13.7. The second-order valence-corrected chi connectivity index (χ2v) is 7.40. The molecule has 1 unspecified atom stereocenters. The van der Waals surface area contributed by atoms with Gasteiger partial charge in [0.1, 0.15) is 18.0 Å². The van der Waals surface area contributed by atoms with Crippen molar-refractivity contribution in [3.8, 4) is 5.69 Å². The minimum Gasteiger partial charge on any atom is -0.326 e. The Hall–Kier alpha value is -3.27. The molecule has 0 aliphatic carbocycles. The Bertz CT molecular complexity index is 1060. The minimum absolute atomic E-state index is 0.103. The van der Waals surface area contributed by atoms with Gasteiger partial charge in [0.15, 0.2) is 5.16 Å². The van der Waals surface area contributed by atoms with Crippen molar-refractivity contribution in [3.63, 3.8) is 0 Å². The molecular weight excluding hydrogens is 400 g/mol. The van der Waals surface area contributed by atoms with Gasteiger partial charge in [-0.05, 0) is 37.3 Å². The number of aromatic nitrogens is 3. The number of hydrogen-bond donors (Lipinski definition) is 2. The second kappa shape index (κ2) is 8.82. The molecule has 0 spiro atoms. The number of benzene rings is 2. The molecule has 0 aliphatic heterocycles. The second-order valence-electron chi connectivity index (χ2n) is 6.09. The molecule has 0 fully saturated rings. The number of carbonyl (C=O) groups is 2. The molecule has 0 aliphatic rings. The van der Waals surface area contributed by atoms with E-state index < -0.39 is 22.8 Å². The van der Waals surface area contributed by atoms with Gasteiger partial charge in [-0.15, -0.1) is 10.2 Å². The zero-order valence-corrected chi connectivity index (χ0v) is 16.3. The predicted molar refractivity (Wildman–Crippen MR) is 106 cm³/mol. The van der Waals surface area contributed by atoms with Gasteiger partial charge in [-0.3, -0.25) is 14.2 Å². The maximum Gasteiger partial charge on any atom is 0.237 e. The van der Waals surface area contributed by atoms with Crippen LogP contribution in [-0.2, 0) is 9.59 Å². The molecule has 1 atom stereocenters. The molecule has 0 saturated carbocycles. The summed E-state index contributed by atoms with van der Waals surface area (Å²) in [5.41, 5.74) is 1.20. The molecule has 2 amide bonds. The zero-order chi connectivity index (χ0) is 21.0. The SMILES string of the molecule is CC(=O)Nc1cccc(-n2cnnc2SC(C)C(=O)Nc2ccc(F)cc2F)c1. The number of nitrogens with zero attached hydrogens (tertiary/aromatic N) is 3. The van der Waals surface area contributed by atoms with Crippen LogP contribution in [0.15, 0.2) is 53.9 Å². The van der Waals surface area contributed by atoms with E-state index >= 15 is 0 Å². The fourth-order valence-corrected chi connectivity index (χ4v) is 3.30. The topological polar surface area (TPSA) is 88.9 Å². The van der Waals surface area contributed by atoms with Crippen LogP contribution >= 0.6 is 11.8 Å². The van der Waals surface area contributed by atoms with Gasteiger partial charge in [-0.25, -0.2) is 8.78 Å². The highest BCUT2D eigenvalue weighted by Crippen LogP contribution is 2.26. The highest BCUT2D eigenvalue weighted by Gasteiger charge is 2.20. The predicted octanol–water partition coefficient (Wildman–Crippen LogP) is 3.62. The lowest BCUT2D eigenvalue weighted by Gasteiger charge is -2.13. The number of amides is 2. The molecule has 0 radical (unpaired) electrons. The fourth-order valence-electron chi connectivity index (χ4n) is 2.46. The summed E-state index contributed by atoms with van der Waals surface area (Å²) in [6.07, 6.45) is 1.49. The number of halogens is 2. The Morgan fingerprint density at radius 2 is 1.93 bits per heavy atom. The van der Waals surface area contributed by atoms with Crippen LogP contribution in [0, 0.1) is 11.6 Å². The summed E-state index contributed by atoms with van der Waals surface area (Å²) < 4.78 is 28.4. The first-order valence-corrected chi connectivity index (χ1v) is 9.42. The highest BCUT2D eigenvalue weighted by atomic mass is 32.2. The van der Waals surface area contributed by atoms with Gasteiger partial charge in [-0.1, -0.05) is 17.8 Å². The standard InChI is InChI=1S/C19H17F2N5O2S/c1-11(18(28)24-17-7-6-13(20)8-16(17)21)29-19-25-22-10-26(19)15-5-3-4-14(9-15)23-12(2)27/h3-11H,1-2H3,(H,23,27)(H,24,28). The molecule has 3 rings (SSSR count). The van der Waals surface area contributed by atoms with Gasteiger partial charge in [0, 0.05) is 18.7 Å². The van der Waals surface area contributed by atoms with Crippen LogP contribution in [0.5, 0.6) is 0 Å². The average molecular weight is 417 g/mol. The summed E-state index contributed by atoms with van der Waals surface area (Å²) in [4.78, 5) is 23.7. The van der Waals surface area contributed by atoms with Gasteiger partial charge in [0.05, 0.1) is 16.6 Å². The highest BCUT2D eigenvalue weighted by molar-refractivity contribution is 8.00. The number of thioether (sulfide) groups is 1. The fraction of sp³-hybridized carbons (Fsp3) is 0.158. The van der Waals surface area contributed by atoms with Gasteiger partial charge >= 0.3 is 0 Å². The van der Waals surface area contributed by atoms with Crippen molar-refractivity contribution in [1.29, 1.82) is 0 Å². The Morgan fingerprint density at radius 1 is 1.14 bits per heavy atom. The molecule has 29 heavy (non-hydrogen) atoms. The van der Waals surface area contributed by atoms with E-state index in [4.69, 9.17) is 0 Å². The summed E-state index contributed by atoms with van der Waals surface area (Å²) in [7, 11) is 0. The molecule has 1 heterocycles. The van der Waals surface area contributed by atoms with E-state index in [1.54, 1.807) is 35.8 Å². The lowest BCUT2D eigenvalue weighted by Crippen LogP contribution is -2.23. The molecule has 0 bridgehead atoms. The molecule has 7 nitrogen and oxygen atoms in total. The van der Waals surface area contributed by atoms with Gasteiger partial charge in [0.25, 0.3) is 0 Å². The summed E-state index contributed by atoms with van der Waals surface area (Å²) in [6.45, 7) is 3.05. The third kappa shape index (κ3) is 5.17. The van der Waals surface area contributed by atoms with Crippen molar-refractivity contribution >= 4 is 35.0 Å². The van der Waals surface area contributed by atoms with Crippen molar-refractivity contribution in [3.05, 3.63) is 60.4 Å².